The Hall–Kier alpha value is -2.36. The van der Waals surface area contributed by atoms with Crippen molar-refractivity contribution in [2.24, 2.45) is 10.7 Å². The lowest BCUT2D eigenvalue weighted by molar-refractivity contribution is 0.382. The van der Waals surface area contributed by atoms with Crippen molar-refractivity contribution < 1.29 is 0 Å². The number of nitrogens with zero attached hydrogens (tertiary/aromatic N) is 3. The summed E-state index contributed by atoms with van der Waals surface area (Å²) in [5.41, 5.74) is 7.12. The summed E-state index contributed by atoms with van der Waals surface area (Å²) in [5, 5.41) is 2.35. The van der Waals surface area contributed by atoms with E-state index in [0.717, 1.165) is 5.39 Å². The molecular weight excluding hydrogens is 236 g/mol. The Labute approximate surface area is 112 Å². The number of guanidine groups is 1. The fraction of sp³-hybridized carbons (Fsp3) is 0.200. The highest BCUT2D eigenvalue weighted by molar-refractivity contribution is 5.87. The summed E-state index contributed by atoms with van der Waals surface area (Å²) in [7, 11) is 0. The molecular formula is C15H16N4. The van der Waals surface area contributed by atoms with Gasteiger partial charge in [-0.1, -0.05) is 30.3 Å². The maximum absolute atomic E-state index is 5.94. The number of benzene rings is 1. The fourth-order valence-electron chi connectivity index (χ4n) is 2.56. The Morgan fingerprint density at radius 1 is 1.37 bits per heavy atom. The number of hydrogen-bond acceptors (Lipinski definition) is 4. The van der Waals surface area contributed by atoms with Crippen LogP contribution in [0.4, 0.5) is 0 Å². The van der Waals surface area contributed by atoms with Gasteiger partial charge in [0.05, 0.1) is 12.6 Å². The van der Waals surface area contributed by atoms with Gasteiger partial charge in [-0.3, -0.25) is 9.98 Å². The van der Waals surface area contributed by atoms with E-state index in [1.165, 1.54) is 10.9 Å². The van der Waals surface area contributed by atoms with Crippen molar-refractivity contribution in [2.45, 2.75) is 6.04 Å². The Morgan fingerprint density at radius 2 is 2.21 bits per heavy atom. The molecule has 1 atom stereocenters. The van der Waals surface area contributed by atoms with Crippen LogP contribution in [-0.4, -0.2) is 28.9 Å². The van der Waals surface area contributed by atoms with Crippen molar-refractivity contribution in [3.8, 4) is 0 Å². The fourth-order valence-corrected chi connectivity index (χ4v) is 2.56. The first-order valence-corrected chi connectivity index (χ1v) is 6.31. The van der Waals surface area contributed by atoms with Crippen LogP contribution in [0.1, 0.15) is 11.6 Å². The number of pyridine rings is 1. The summed E-state index contributed by atoms with van der Waals surface area (Å²) < 4.78 is 0. The average Bonchev–Trinajstić information content (AvgIpc) is 2.80. The Kier molecular flexibility index (Phi) is 2.91. The van der Waals surface area contributed by atoms with E-state index in [-0.39, 0.29) is 6.04 Å². The highest BCUT2D eigenvalue weighted by atomic mass is 15.3. The van der Waals surface area contributed by atoms with Crippen LogP contribution in [0, 0.1) is 0 Å². The van der Waals surface area contributed by atoms with Crippen molar-refractivity contribution in [1.29, 1.82) is 0 Å². The Morgan fingerprint density at radius 3 is 3.05 bits per heavy atom. The zero-order chi connectivity index (χ0) is 13.2. The van der Waals surface area contributed by atoms with E-state index in [1.807, 2.05) is 30.6 Å². The highest BCUT2D eigenvalue weighted by Gasteiger charge is 2.27. The molecule has 2 heterocycles. The van der Waals surface area contributed by atoms with Gasteiger partial charge in [0, 0.05) is 29.9 Å². The first-order chi connectivity index (χ1) is 9.31. The van der Waals surface area contributed by atoms with Gasteiger partial charge >= 0.3 is 0 Å². The van der Waals surface area contributed by atoms with Crippen LogP contribution in [0.25, 0.3) is 10.8 Å². The molecule has 3 rings (SSSR count). The van der Waals surface area contributed by atoms with Gasteiger partial charge in [0.25, 0.3) is 0 Å². The molecule has 1 aliphatic rings. The average molecular weight is 252 g/mol. The molecule has 0 saturated heterocycles. The van der Waals surface area contributed by atoms with Crippen LogP contribution >= 0.6 is 0 Å². The molecule has 0 bridgehead atoms. The monoisotopic (exact) mass is 252 g/mol. The molecule has 1 aromatic carbocycles. The molecule has 2 aromatic rings. The first kappa shape index (κ1) is 11.7. The van der Waals surface area contributed by atoms with E-state index >= 15 is 0 Å². The van der Waals surface area contributed by atoms with Crippen molar-refractivity contribution in [3.05, 3.63) is 54.9 Å². The quantitative estimate of drug-likeness (QED) is 0.851. The molecule has 19 heavy (non-hydrogen) atoms. The zero-order valence-electron chi connectivity index (χ0n) is 10.7. The smallest absolute Gasteiger partial charge is 0.192 e. The number of aromatic nitrogens is 1. The SMILES string of the molecule is C=CCN1C(N)=NCC1c1cncc2ccccc12. The van der Waals surface area contributed by atoms with Gasteiger partial charge < -0.3 is 10.6 Å². The molecule has 96 valence electrons. The number of aliphatic imine (C=N–C) groups is 1. The van der Waals surface area contributed by atoms with Crippen LogP contribution in [0.15, 0.2) is 54.3 Å². The van der Waals surface area contributed by atoms with Crippen molar-refractivity contribution in [1.82, 2.24) is 9.88 Å². The van der Waals surface area contributed by atoms with Gasteiger partial charge in [0.2, 0.25) is 0 Å². The summed E-state index contributed by atoms with van der Waals surface area (Å²) in [6.45, 7) is 5.15. The van der Waals surface area contributed by atoms with E-state index in [0.29, 0.717) is 19.0 Å². The van der Waals surface area contributed by atoms with Crippen LogP contribution < -0.4 is 5.73 Å². The van der Waals surface area contributed by atoms with E-state index in [9.17, 15) is 0 Å². The molecule has 0 aliphatic carbocycles. The minimum atomic E-state index is 0.150. The van der Waals surface area contributed by atoms with Crippen LogP contribution in [0.3, 0.4) is 0 Å². The van der Waals surface area contributed by atoms with Gasteiger partial charge in [0.1, 0.15) is 0 Å². The van der Waals surface area contributed by atoms with Gasteiger partial charge in [-0.15, -0.1) is 6.58 Å². The molecule has 0 radical (unpaired) electrons. The van der Waals surface area contributed by atoms with Crippen LogP contribution in [-0.2, 0) is 0 Å². The standard InChI is InChI=1S/C15H16N4/c1-2-7-19-14(10-18-15(19)16)13-9-17-8-11-5-3-4-6-12(11)13/h2-6,8-9,14H,1,7,10H2,(H2,16,18). The third-order valence-corrected chi connectivity index (χ3v) is 3.48. The third kappa shape index (κ3) is 1.95. The predicted octanol–water partition coefficient (Wildman–Crippen LogP) is 2.09. The molecule has 4 nitrogen and oxygen atoms in total. The van der Waals surface area contributed by atoms with Crippen molar-refractivity contribution in [2.75, 3.05) is 13.1 Å². The molecule has 1 unspecified atom stereocenters. The van der Waals surface area contributed by atoms with Gasteiger partial charge in [-0.05, 0) is 5.39 Å². The lowest BCUT2D eigenvalue weighted by Gasteiger charge is -2.25. The summed E-state index contributed by atoms with van der Waals surface area (Å²) in [6, 6.07) is 8.41. The topological polar surface area (TPSA) is 54.5 Å². The third-order valence-electron chi connectivity index (χ3n) is 3.48. The van der Waals surface area contributed by atoms with E-state index < -0.39 is 0 Å². The summed E-state index contributed by atoms with van der Waals surface area (Å²) in [5.74, 6) is 0.581. The Bertz CT molecular complexity index is 642. The van der Waals surface area contributed by atoms with Gasteiger partial charge in [-0.25, -0.2) is 0 Å². The number of hydrogen-bond donors (Lipinski definition) is 1. The summed E-state index contributed by atoms with van der Waals surface area (Å²) in [6.07, 6.45) is 5.65. The molecule has 0 saturated carbocycles. The van der Waals surface area contributed by atoms with Crippen molar-refractivity contribution >= 4 is 16.7 Å². The largest absolute Gasteiger partial charge is 0.370 e. The predicted molar refractivity (Wildman–Crippen MR) is 77.9 cm³/mol. The molecule has 1 aromatic heterocycles. The highest BCUT2D eigenvalue weighted by Crippen LogP contribution is 2.30. The lowest BCUT2D eigenvalue weighted by Crippen LogP contribution is -2.36. The maximum atomic E-state index is 5.94. The minimum absolute atomic E-state index is 0.150. The summed E-state index contributed by atoms with van der Waals surface area (Å²) in [4.78, 5) is 10.7. The zero-order valence-corrected chi connectivity index (χ0v) is 10.7. The van der Waals surface area contributed by atoms with E-state index in [1.54, 1.807) is 0 Å². The second kappa shape index (κ2) is 4.72. The lowest BCUT2D eigenvalue weighted by atomic mass is 10.0. The molecule has 1 aliphatic heterocycles. The van der Waals surface area contributed by atoms with Crippen molar-refractivity contribution in [3.63, 3.8) is 0 Å². The van der Waals surface area contributed by atoms with Gasteiger partial charge in [0.15, 0.2) is 5.96 Å². The number of fused-ring (bicyclic) bond motifs is 1. The molecule has 0 amide bonds. The van der Waals surface area contributed by atoms with E-state index in [4.69, 9.17) is 5.73 Å². The first-order valence-electron chi connectivity index (χ1n) is 6.31. The second-order valence-corrected chi connectivity index (χ2v) is 4.61. The number of nitrogens with two attached hydrogens (primary N) is 1. The second-order valence-electron chi connectivity index (χ2n) is 4.61. The Balaban J connectivity index is 2.07. The van der Waals surface area contributed by atoms with E-state index in [2.05, 4.69) is 33.6 Å². The molecule has 0 spiro atoms. The van der Waals surface area contributed by atoms with Crippen LogP contribution in [0.2, 0.25) is 0 Å². The molecule has 4 heteroatoms. The normalized spacial score (nSPS) is 18.6. The minimum Gasteiger partial charge on any atom is -0.370 e. The molecule has 2 N–H and O–H groups in total. The molecule has 0 fully saturated rings. The summed E-state index contributed by atoms with van der Waals surface area (Å²) >= 11 is 0. The van der Waals surface area contributed by atoms with Crippen LogP contribution in [0.5, 0.6) is 0 Å². The van der Waals surface area contributed by atoms with Gasteiger partial charge in [-0.2, -0.15) is 0 Å². The number of rotatable bonds is 3. The maximum Gasteiger partial charge on any atom is 0.192 e.